The summed E-state index contributed by atoms with van der Waals surface area (Å²) in [5, 5.41) is 5.20. The lowest BCUT2D eigenvalue weighted by Gasteiger charge is -2.20. The van der Waals surface area contributed by atoms with E-state index in [-0.39, 0.29) is 24.4 Å². The van der Waals surface area contributed by atoms with E-state index < -0.39 is 0 Å². The molecule has 34 heavy (non-hydrogen) atoms. The fourth-order valence-corrected chi connectivity index (χ4v) is 5.24. The number of aryl methyl sites for hydroxylation is 4. The highest BCUT2D eigenvalue weighted by molar-refractivity contribution is 7.22. The van der Waals surface area contributed by atoms with E-state index in [1.165, 1.54) is 34.0 Å². The third kappa shape index (κ3) is 4.10. The second kappa shape index (κ2) is 8.83. The first-order valence-electron chi connectivity index (χ1n) is 11.0. The Morgan fingerprint density at radius 3 is 2.74 bits per heavy atom. The van der Waals surface area contributed by atoms with Crippen LogP contribution in [0.2, 0.25) is 0 Å². The molecule has 0 fully saturated rings. The fraction of sp³-hybridized carbons (Fsp3) is 0.240. The van der Waals surface area contributed by atoms with E-state index in [0.29, 0.717) is 22.7 Å². The molecule has 0 aliphatic rings. The molecule has 0 aliphatic carbocycles. The maximum absolute atomic E-state index is 13.5. The Balaban J connectivity index is 1.45. The van der Waals surface area contributed by atoms with Gasteiger partial charge in [0, 0.05) is 20.0 Å². The second-order valence-corrected chi connectivity index (χ2v) is 9.40. The number of anilines is 1. The van der Waals surface area contributed by atoms with E-state index in [4.69, 9.17) is 4.98 Å². The molecule has 0 unspecified atom stereocenters. The molecule has 0 bridgehead atoms. The van der Waals surface area contributed by atoms with Crippen LogP contribution in [0.4, 0.5) is 5.13 Å². The van der Waals surface area contributed by atoms with Crippen molar-refractivity contribution in [2.75, 3.05) is 4.90 Å². The molecule has 0 N–H and O–H groups in total. The number of hydrogen-bond donors (Lipinski definition) is 0. The Kier molecular flexibility index (Phi) is 5.70. The number of carbonyl (C=O) groups excluding carboxylic acids is 1. The average molecular weight is 473 g/mol. The van der Waals surface area contributed by atoms with Crippen LogP contribution in [0.25, 0.3) is 21.3 Å². The predicted octanol–water partition coefficient (Wildman–Crippen LogP) is 3.98. The van der Waals surface area contributed by atoms with Gasteiger partial charge in [-0.25, -0.2) is 9.97 Å². The van der Waals surface area contributed by atoms with Crippen molar-refractivity contribution in [3.8, 4) is 0 Å². The minimum absolute atomic E-state index is 0.101. The first-order chi connectivity index (χ1) is 16.4. The van der Waals surface area contributed by atoms with Crippen LogP contribution in [0.5, 0.6) is 0 Å². The standard InChI is InChI=1S/C25H24N6O2S/c1-16-11-17(2)22-20(12-16)34-25(28-22)31(14-18-7-5-4-6-8-18)21(32)9-10-30-15-26-23-19(24(30)33)13-27-29(23)3/h4-8,11-13,15H,9-10,14H2,1-3H3. The van der Waals surface area contributed by atoms with Crippen molar-refractivity contribution in [1.82, 2.24) is 24.3 Å². The average Bonchev–Trinajstić information content (AvgIpc) is 3.42. The molecule has 9 heteroatoms. The quantitative estimate of drug-likeness (QED) is 0.373. The van der Waals surface area contributed by atoms with Gasteiger partial charge in [-0.1, -0.05) is 47.7 Å². The molecule has 0 saturated carbocycles. The highest BCUT2D eigenvalue weighted by Crippen LogP contribution is 2.32. The van der Waals surface area contributed by atoms with Crippen LogP contribution < -0.4 is 10.5 Å². The van der Waals surface area contributed by atoms with E-state index >= 15 is 0 Å². The van der Waals surface area contributed by atoms with Crippen molar-refractivity contribution in [3.63, 3.8) is 0 Å². The van der Waals surface area contributed by atoms with Crippen molar-refractivity contribution < 1.29 is 4.79 Å². The molecule has 0 aliphatic heterocycles. The Morgan fingerprint density at radius 2 is 1.94 bits per heavy atom. The van der Waals surface area contributed by atoms with Crippen molar-refractivity contribution in [2.45, 2.75) is 33.4 Å². The maximum atomic E-state index is 13.5. The van der Waals surface area contributed by atoms with Crippen LogP contribution >= 0.6 is 11.3 Å². The molecule has 1 amide bonds. The minimum atomic E-state index is -0.202. The van der Waals surface area contributed by atoms with Crippen molar-refractivity contribution in [1.29, 1.82) is 0 Å². The summed E-state index contributed by atoms with van der Waals surface area (Å²) in [7, 11) is 1.74. The molecule has 0 saturated heterocycles. The van der Waals surface area contributed by atoms with E-state index in [2.05, 4.69) is 29.1 Å². The molecule has 5 aromatic rings. The zero-order chi connectivity index (χ0) is 23.8. The molecule has 8 nitrogen and oxygen atoms in total. The van der Waals surface area contributed by atoms with Gasteiger partial charge in [0.2, 0.25) is 5.91 Å². The van der Waals surface area contributed by atoms with Gasteiger partial charge in [-0.3, -0.25) is 23.7 Å². The predicted molar refractivity (Wildman–Crippen MR) is 134 cm³/mol. The normalized spacial score (nSPS) is 11.4. The Labute approximate surface area is 200 Å². The Bertz CT molecular complexity index is 1570. The van der Waals surface area contributed by atoms with Gasteiger partial charge >= 0.3 is 0 Å². The number of rotatable bonds is 6. The number of benzene rings is 2. The summed E-state index contributed by atoms with van der Waals surface area (Å²) in [5.41, 5.74) is 4.51. The summed E-state index contributed by atoms with van der Waals surface area (Å²) in [6, 6.07) is 14.1. The monoisotopic (exact) mass is 472 g/mol. The highest BCUT2D eigenvalue weighted by atomic mass is 32.1. The molecule has 0 radical (unpaired) electrons. The zero-order valence-electron chi connectivity index (χ0n) is 19.2. The SMILES string of the molecule is Cc1cc(C)c2nc(N(Cc3ccccc3)C(=O)CCn3cnc4c(cnn4C)c3=O)sc2c1. The molecule has 5 rings (SSSR count). The van der Waals surface area contributed by atoms with Crippen LogP contribution in [-0.2, 0) is 24.9 Å². The molecular formula is C25H24N6O2S. The lowest BCUT2D eigenvalue weighted by atomic mass is 10.1. The van der Waals surface area contributed by atoms with Gasteiger partial charge in [0.25, 0.3) is 5.56 Å². The number of thiazole rings is 1. The first-order valence-corrected chi connectivity index (χ1v) is 11.8. The molecule has 3 heterocycles. The summed E-state index contributed by atoms with van der Waals surface area (Å²) in [5.74, 6) is -0.101. The van der Waals surface area contributed by atoms with Crippen molar-refractivity contribution in [3.05, 3.63) is 82.0 Å². The third-order valence-electron chi connectivity index (χ3n) is 5.82. The van der Waals surface area contributed by atoms with Gasteiger partial charge in [0.15, 0.2) is 10.8 Å². The number of hydrogen-bond acceptors (Lipinski definition) is 6. The van der Waals surface area contributed by atoms with Gasteiger partial charge in [0.1, 0.15) is 5.39 Å². The van der Waals surface area contributed by atoms with E-state index in [1.54, 1.807) is 16.6 Å². The van der Waals surface area contributed by atoms with E-state index in [0.717, 1.165) is 21.3 Å². The number of nitrogens with zero attached hydrogens (tertiary/aromatic N) is 6. The smallest absolute Gasteiger partial charge is 0.264 e. The summed E-state index contributed by atoms with van der Waals surface area (Å²) < 4.78 is 4.08. The highest BCUT2D eigenvalue weighted by Gasteiger charge is 2.21. The van der Waals surface area contributed by atoms with Crippen molar-refractivity contribution >= 4 is 43.6 Å². The van der Waals surface area contributed by atoms with E-state index in [9.17, 15) is 9.59 Å². The minimum Gasteiger partial charge on any atom is -0.298 e. The Morgan fingerprint density at radius 1 is 1.15 bits per heavy atom. The van der Waals surface area contributed by atoms with Crippen LogP contribution in [0.15, 0.2) is 59.8 Å². The number of aromatic nitrogens is 5. The lowest BCUT2D eigenvalue weighted by Crippen LogP contribution is -2.32. The fourth-order valence-electron chi connectivity index (χ4n) is 4.08. The van der Waals surface area contributed by atoms with Gasteiger partial charge in [0.05, 0.1) is 29.3 Å². The van der Waals surface area contributed by atoms with Gasteiger partial charge < -0.3 is 0 Å². The third-order valence-corrected chi connectivity index (χ3v) is 6.84. The van der Waals surface area contributed by atoms with Crippen LogP contribution in [-0.4, -0.2) is 30.2 Å². The van der Waals surface area contributed by atoms with Crippen LogP contribution in [0.1, 0.15) is 23.1 Å². The second-order valence-electron chi connectivity index (χ2n) is 8.39. The van der Waals surface area contributed by atoms with Crippen LogP contribution in [0.3, 0.4) is 0 Å². The van der Waals surface area contributed by atoms with Crippen molar-refractivity contribution in [2.24, 2.45) is 7.05 Å². The topological polar surface area (TPSA) is 85.9 Å². The van der Waals surface area contributed by atoms with E-state index in [1.807, 2.05) is 37.3 Å². The summed E-state index contributed by atoms with van der Waals surface area (Å²) in [4.78, 5) is 37.1. The lowest BCUT2D eigenvalue weighted by molar-refractivity contribution is -0.119. The van der Waals surface area contributed by atoms with Gasteiger partial charge in [-0.2, -0.15) is 5.10 Å². The first kappa shape index (κ1) is 22.0. The summed E-state index contributed by atoms with van der Waals surface area (Å²) >= 11 is 1.51. The molecule has 0 spiro atoms. The van der Waals surface area contributed by atoms with Crippen LogP contribution in [0, 0.1) is 13.8 Å². The molecule has 2 aromatic carbocycles. The Hall–Kier alpha value is -3.85. The summed E-state index contributed by atoms with van der Waals surface area (Å²) in [6.45, 7) is 4.73. The number of carbonyl (C=O) groups is 1. The zero-order valence-corrected chi connectivity index (χ0v) is 20.0. The molecule has 0 atom stereocenters. The number of fused-ring (bicyclic) bond motifs is 2. The maximum Gasteiger partial charge on any atom is 0.264 e. The van der Waals surface area contributed by atoms with Gasteiger partial charge in [-0.15, -0.1) is 0 Å². The molecular weight excluding hydrogens is 448 g/mol. The van der Waals surface area contributed by atoms with Gasteiger partial charge in [-0.05, 0) is 36.6 Å². The number of amides is 1. The summed E-state index contributed by atoms with van der Waals surface area (Å²) in [6.07, 6.45) is 3.13. The largest absolute Gasteiger partial charge is 0.298 e. The molecule has 172 valence electrons. The molecule has 3 aromatic heterocycles.